The lowest BCUT2D eigenvalue weighted by molar-refractivity contribution is -0.380. The quantitative estimate of drug-likeness (QED) is 0.568. The van der Waals surface area contributed by atoms with E-state index in [1.54, 1.807) is 12.4 Å². The van der Waals surface area contributed by atoms with Crippen LogP contribution in [0.25, 0.3) is 0 Å². The van der Waals surface area contributed by atoms with Crippen LogP contribution in [0, 0.1) is 10.1 Å². The van der Waals surface area contributed by atoms with Crippen LogP contribution in [-0.2, 0) is 11.3 Å². The highest BCUT2D eigenvalue weighted by atomic mass is 32.1. The van der Waals surface area contributed by atoms with Gasteiger partial charge in [-0.15, -0.1) is 0 Å². The van der Waals surface area contributed by atoms with Crippen LogP contribution in [-0.4, -0.2) is 24.4 Å². The molecule has 0 saturated heterocycles. The largest absolute Gasteiger partial charge is 0.358 e. The van der Waals surface area contributed by atoms with Crippen LogP contribution in [0.2, 0.25) is 0 Å². The highest BCUT2D eigenvalue weighted by molar-refractivity contribution is 7.13. The van der Waals surface area contributed by atoms with Gasteiger partial charge in [0, 0.05) is 25.0 Å². The topological polar surface area (TPSA) is 84.3 Å². The minimum Gasteiger partial charge on any atom is -0.358 e. The van der Waals surface area contributed by atoms with Crippen LogP contribution in [0.4, 0.5) is 5.00 Å². The summed E-state index contributed by atoms with van der Waals surface area (Å²) < 4.78 is 0. The van der Waals surface area contributed by atoms with Crippen LogP contribution in [0.3, 0.4) is 0 Å². The second kappa shape index (κ2) is 5.42. The maximum Gasteiger partial charge on any atom is 0.324 e. The normalized spacial score (nSPS) is 9.93. The van der Waals surface area contributed by atoms with E-state index in [1.807, 2.05) is 0 Å². The summed E-state index contributed by atoms with van der Waals surface area (Å²) in [5.74, 6) is -0.111. The fourth-order valence-electron chi connectivity index (χ4n) is 0.960. The average Bonchev–Trinajstić information content (AvgIpc) is 2.66. The monoisotopic (exact) mass is 229 g/mol. The van der Waals surface area contributed by atoms with Crippen LogP contribution < -0.4 is 10.6 Å². The molecule has 0 atom stereocenters. The second-order valence-electron chi connectivity index (χ2n) is 2.83. The SMILES string of the molecule is CNC(=O)CNCc1csc([N+](=O)[O-])c1. The highest BCUT2D eigenvalue weighted by Gasteiger charge is 2.09. The summed E-state index contributed by atoms with van der Waals surface area (Å²) in [6.07, 6.45) is 0. The number of carbonyl (C=O) groups excluding carboxylic acids is 1. The first-order chi connectivity index (χ1) is 7.13. The molecular weight excluding hydrogens is 218 g/mol. The smallest absolute Gasteiger partial charge is 0.324 e. The van der Waals surface area contributed by atoms with Crippen molar-refractivity contribution in [1.82, 2.24) is 10.6 Å². The van der Waals surface area contributed by atoms with Crippen molar-refractivity contribution in [3.8, 4) is 0 Å². The zero-order valence-electron chi connectivity index (χ0n) is 8.15. The molecule has 6 nitrogen and oxygen atoms in total. The molecule has 0 unspecified atom stereocenters. The van der Waals surface area contributed by atoms with Gasteiger partial charge in [0.05, 0.1) is 11.5 Å². The van der Waals surface area contributed by atoms with E-state index in [9.17, 15) is 14.9 Å². The summed E-state index contributed by atoms with van der Waals surface area (Å²) in [7, 11) is 1.56. The number of nitrogens with one attached hydrogen (secondary N) is 2. The molecule has 15 heavy (non-hydrogen) atoms. The predicted molar refractivity (Wildman–Crippen MR) is 56.7 cm³/mol. The van der Waals surface area contributed by atoms with E-state index in [2.05, 4.69) is 10.6 Å². The third kappa shape index (κ3) is 3.64. The van der Waals surface area contributed by atoms with E-state index in [-0.39, 0.29) is 17.5 Å². The van der Waals surface area contributed by atoms with Crippen molar-refractivity contribution >= 4 is 22.2 Å². The maximum atomic E-state index is 10.8. The average molecular weight is 229 g/mol. The van der Waals surface area contributed by atoms with Crippen molar-refractivity contribution in [2.75, 3.05) is 13.6 Å². The molecule has 1 amide bonds. The molecule has 0 bridgehead atoms. The van der Waals surface area contributed by atoms with Crippen LogP contribution in [0.15, 0.2) is 11.4 Å². The van der Waals surface area contributed by atoms with E-state index in [1.165, 1.54) is 6.07 Å². The number of likely N-dealkylation sites (N-methyl/N-ethyl adjacent to an activating group) is 1. The first-order valence-corrected chi connectivity index (χ1v) is 5.14. The second-order valence-corrected chi connectivity index (χ2v) is 3.72. The van der Waals surface area contributed by atoms with Crippen LogP contribution in [0.1, 0.15) is 5.56 Å². The highest BCUT2D eigenvalue weighted by Crippen LogP contribution is 2.22. The summed E-state index contributed by atoms with van der Waals surface area (Å²) >= 11 is 1.08. The minimum absolute atomic E-state index is 0.111. The van der Waals surface area contributed by atoms with Gasteiger partial charge in [-0.1, -0.05) is 11.3 Å². The Morgan fingerprint density at radius 2 is 2.40 bits per heavy atom. The molecule has 2 N–H and O–H groups in total. The molecule has 1 rings (SSSR count). The summed E-state index contributed by atoms with van der Waals surface area (Å²) in [6, 6.07) is 1.50. The minimum atomic E-state index is -0.424. The van der Waals surface area contributed by atoms with Gasteiger partial charge in [-0.2, -0.15) is 0 Å². The van der Waals surface area contributed by atoms with Crippen molar-refractivity contribution < 1.29 is 9.72 Å². The lowest BCUT2D eigenvalue weighted by Gasteiger charge is -2.00. The molecule has 0 aliphatic heterocycles. The molecule has 1 aromatic heterocycles. The Morgan fingerprint density at radius 1 is 1.67 bits per heavy atom. The van der Waals surface area contributed by atoms with E-state index < -0.39 is 4.92 Å². The third-order valence-corrected chi connectivity index (χ3v) is 2.64. The lowest BCUT2D eigenvalue weighted by Crippen LogP contribution is -2.30. The van der Waals surface area contributed by atoms with Gasteiger partial charge in [0.25, 0.3) is 0 Å². The van der Waals surface area contributed by atoms with Crippen molar-refractivity contribution in [3.63, 3.8) is 0 Å². The first-order valence-electron chi connectivity index (χ1n) is 4.26. The van der Waals surface area contributed by atoms with Crippen LogP contribution in [0.5, 0.6) is 0 Å². The Labute approximate surface area is 90.4 Å². The predicted octanol–water partition coefficient (Wildman–Crippen LogP) is 0.492. The number of carbonyl (C=O) groups is 1. The van der Waals surface area contributed by atoms with Gasteiger partial charge in [0.1, 0.15) is 0 Å². The number of amides is 1. The van der Waals surface area contributed by atoms with E-state index in [4.69, 9.17) is 0 Å². The number of hydrogen-bond acceptors (Lipinski definition) is 5. The van der Waals surface area contributed by atoms with Crippen molar-refractivity contribution in [1.29, 1.82) is 0 Å². The number of nitrogens with zero attached hydrogens (tertiary/aromatic N) is 1. The van der Waals surface area contributed by atoms with E-state index in [0.717, 1.165) is 16.9 Å². The van der Waals surface area contributed by atoms with Gasteiger partial charge < -0.3 is 10.6 Å². The molecule has 0 aromatic carbocycles. The molecular formula is C8H11N3O3S. The fourth-order valence-corrected chi connectivity index (χ4v) is 1.69. The zero-order valence-corrected chi connectivity index (χ0v) is 8.97. The first kappa shape index (κ1) is 11.6. The molecule has 1 heterocycles. The molecule has 0 fully saturated rings. The van der Waals surface area contributed by atoms with Crippen LogP contribution >= 0.6 is 11.3 Å². The maximum absolute atomic E-state index is 10.8. The molecule has 1 aromatic rings. The van der Waals surface area contributed by atoms with Crippen molar-refractivity contribution in [3.05, 3.63) is 27.1 Å². The Hall–Kier alpha value is -1.47. The Bertz CT molecular complexity index is 364. The molecule has 0 spiro atoms. The van der Waals surface area contributed by atoms with E-state index >= 15 is 0 Å². The number of hydrogen-bond donors (Lipinski definition) is 2. The Morgan fingerprint density at radius 3 is 2.93 bits per heavy atom. The summed E-state index contributed by atoms with van der Waals surface area (Å²) in [5, 5.41) is 17.5. The van der Waals surface area contributed by atoms with Crippen molar-refractivity contribution in [2.24, 2.45) is 0 Å². The summed E-state index contributed by atoms with van der Waals surface area (Å²) in [5.41, 5.74) is 0.815. The molecule has 0 aliphatic carbocycles. The van der Waals surface area contributed by atoms with Gasteiger partial charge in [-0.05, 0) is 5.56 Å². The van der Waals surface area contributed by atoms with Gasteiger partial charge >= 0.3 is 5.00 Å². The van der Waals surface area contributed by atoms with Gasteiger partial charge in [0.2, 0.25) is 5.91 Å². The molecule has 0 aliphatic rings. The molecule has 0 saturated carbocycles. The summed E-state index contributed by atoms with van der Waals surface area (Å²) in [6.45, 7) is 0.665. The number of nitro groups is 1. The Balaban J connectivity index is 2.38. The van der Waals surface area contributed by atoms with Gasteiger partial charge in [-0.3, -0.25) is 14.9 Å². The molecule has 0 radical (unpaired) electrons. The lowest BCUT2D eigenvalue weighted by atomic mass is 10.3. The van der Waals surface area contributed by atoms with Gasteiger partial charge in [-0.25, -0.2) is 0 Å². The summed E-state index contributed by atoms with van der Waals surface area (Å²) in [4.78, 5) is 20.8. The molecule has 7 heteroatoms. The number of rotatable bonds is 5. The fraction of sp³-hybridized carbons (Fsp3) is 0.375. The van der Waals surface area contributed by atoms with Gasteiger partial charge in [0.15, 0.2) is 0 Å². The standard InChI is InChI=1S/C8H11N3O3S/c1-9-7(12)4-10-3-6-2-8(11(13)14)15-5-6/h2,5,10H,3-4H2,1H3,(H,9,12). The van der Waals surface area contributed by atoms with E-state index in [0.29, 0.717) is 6.54 Å². The molecule has 82 valence electrons. The third-order valence-electron chi connectivity index (χ3n) is 1.71. The number of thiophene rings is 1. The van der Waals surface area contributed by atoms with Crippen molar-refractivity contribution in [2.45, 2.75) is 6.54 Å². The Kier molecular flexibility index (Phi) is 4.19. The zero-order chi connectivity index (χ0) is 11.3.